The Morgan fingerprint density at radius 3 is 2.37 bits per heavy atom. The zero-order valence-corrected chi connectivity index (χ0v) is 18.4. The molecule has 0 amide bonds. The maximum Gasteiger partial charge on any atom is 0.191 e. The smallest absolute Gasteiger partial charge is 0.191 e. The molecule has 2 rings (SSSR count). The highest BCUT2D eigenvalue weighted by atomic mass is 15.2. The summed E-state index contributed by atoms with van der Waals surface area (Å²) in [6, 6.07) is 0. The largest absolute Gasteiger partial charge is 0.327 e. The van der Waals surface area contributed by atoms with Gasteiger partial charge in [0.15, 0.2) is 19.3 Å². The molecule has 1 N–H and O–H groups in total. The SMILES string of the molecule is CC1=C(/C=C/C(C)=C/C=C/C(C)=C/C=[N+]2CC[NH+](C)CC2)C(C)(C)CCC1. The fourth-order valence-electron chi connectivity index (χ4n) is 3.97. The minimum absolute atomic E-state index is 0.314. The quantitative estimate of drug-likeness (QED) is 0.551. The Bertz CT molecular complexity index is 686. The summed E-state index contributed by atoms with van der Waals surface area (Å²) in [5.41, 5.74) is 6.00. The summed E-state index contributed by atoms with van der Waals surface area (Å²) < 4.78 is 2.43. The molecule has 1 heterocycles. The lowest BCUT2D eigenvalue weighted by atomic mass is 9.72. The minimum Gasteiger partial charge on any atom is -0.327 e. The summed E-state index contributed by atoms with van der Waals surface area (Å²) in [6.45, 7) is 16.2. The van der Waals surface area contributed by atoms with E-state index in [9.17, 15) is 0 Å². The minimum atomic E-state index is 0.314. The molecule has 1 aliphatic heterocycles. The van der Waals surface area contributed by atoms with Crippen molar-refractivity contribution in [2.45, 2.75) is 53.9 Å². The Labute approximate surface area is 167 Å². The highest BCUT2D eigenvalue weighted by Crippen LogP contribution is 2.40. The fourth-order valence-corrected chi connectivity index (χ4v) is 3.97. The number of nitrogens with one attached hydrogen (secondary N) is 1. The lowest BCUT2D eigenvalue weighted by molar-refractivity contribution is -0.913. The van der Waals surface area contributed by atoms with E-state index < -0.39 is 0 Å². The van der Waals surface area contributed by atoms with Gasteiger partial charge in [-0.05, 0) is 56.6 Å². The number of hydrogen-bond donors (Lipinski definition) is 1. The van der Waals surface area contributed by atoms with Gasteiger partial charge in [-0.15, -0.1) is 0 Å². The highest BCUT2D eigenvalue weighted by Gasteiger charge is 2.26. The monoisotopic (exact) mass is 368 g/mol. The molecule has 0 atom stereocenters. The molecule has 2 nitrogen and oxygen atoms in total. The Morgan fingerprint density at radius 1 is 1.04 bits per heavy atom. The molecule has 0 aromatic carbocycles. The average molecular weight is 369 g/mol. The van der Waals surface area contributed by atoms with Gasteiger partial charge in [0.05, 0.1) is 7.05 Å². The summed E-state index contributed by atoms with van der Waals surface area (Å²) in [6.07, 6.45) is 19.5. The molecule has 1 fully saturated rings. The van der Waals surface area contributed by atoms with Crippen molar-refractivity contribution in [1.29, 1.82) is 0 Å². The van der Waals surface area contributed by atoms with Crippen LogP contribution >= 0.6 is 0 Å². The molecule has 0 unspecified atom stereocenters. The summed E-state index contributed by atoms with van der Waals surface area (Å²) in [5, 5.41) is 0. The molecule has 0 saturated carbocycles. The van der Waals surface area contributed by atoms with Crippen molar-refractivity contribution in [3.05, 3.63) is 58.7 Å². The van der Waals surface area contributed by atoms with E-state index in [1.54, 1.807) is 10.5 Å². The van der Waals surface area contributed by atoms with Gasteiger partial charge < -0.3 is 4.90 Å². The van der Waals surface area contributed by atoms with Gasteiger partial charge in [0.2, 0.25) is 0 Å². The van der Waals surface area contributed by atoms with Gasteiger partial charge in [-0.1, -0.05) is 55.4 Å². The number of quaternary nitrogens is 1. The van der Waals surface area contributed by atoms with Crippen LogP contribution in [0.1, 0.15) is 53.9 Å². The molecule has 1 aliphatic carbocycles. The van der Waals surface area contributed by atoms with Gasteiger partial charge in [0.25, 0.3) is 0 Å². The third-order valence-electron chi connectivity index (χ3n) is 5.97. The number of rotatable bonds is 5. The van der Waals surface area contributed by atoms with Crippen molar-refractivity contribution in [3.8, 4) is 0 Å². The van der Waals surface area contributed by atoms with Crippen LogP contribution in [-0.4, -0.2) is 44.0 Å². The van der Waals surface area contributed by atoms with E-state index in [0.717, 1.165) is 13.1 Å². The second-order valence-electron chi connectivity index (χ2n) is 9.09. The fraction of sp³-hybridized carbons (Fsp3) is 0.560. The molecule has 0 radical (unpaired) electrons. The third-order valence-corrected chi connectivity index (χ3v) is 5.97. The van der Waals surface area contributed by atoms with Gasteiger partial charge in [-0.25, -0.2) is 4.58 Å². The number of allylic oxidation sites excluding steroid dienone is 10. The van der Waals surface area contributed by atoms with Crippen molar-refractivity contribution < 1.29 is 9.48 Å². The molecule has 0 spiro atoms. The second kappa shape index (κ2) is 10.0. The van der Waals surface area contributed by atoms with E-state index in [0.29, 0.717) is 5.41 Å². The summed E-state index contributed by atoms with van der Waals surface area (Å²) in [4.78, 5) is 1.64. The van der Waals surface area contributed by atoms with Gasteiger partial charge >= 0.3 is 0 Å². The topological polar surface area (TPSA) is 7.45 Å². The van der Waals surface area contributed by atoms with Crippen LogP contribution in [0.15, 0.2) is 58.7 Å². The Balaban J connectivity index is 1.94. The van der Waals surface area contributed by atoms with Crippen molar-refractivity contribution in [2.24, 2.45) is 5.41 Å². The molecule has 0 aromatic heterocycles. The van der Waals surface area contributed by atoms with Crippen molar-refractivity contribution in [2.75, 3.05) is 33.2 Å². The van der Waals surface area contributed by atoms with Gasteiger partial charge in [0, 0.05) is 6.08 Å². The molecule has 148 valence electrons. The third kappa shape index (κ3) is 7.10. The molecule has 0 aromatic rings. The number of hydrogen-bond acceptors (Lipinski definition) is 0. The van der Waals surface area contributed by atoms with Crippen LogP contribution in [-0.2, 0) is 0 Å². The molecule has 1 saturated heterocycles. The van der Waals surface area contributed by atoms with Crippen LogP contribution in [0.2, 0.25) is 0 Å². The zero-order chi connectivity index (χ0) is 19.9. The normalized spacial score (nSPS) is 25.0. The van der Waals surface area contributed by atoms with E-state index in [-0.39, 0.29) is 0 Å². The summed E-state index contributed by atoms with van der Waals surface area (Å²) >= 11 is 0. The molecule has 27 heavy (non-hydrogen) atoms. The number of piperazine rings is 1. The van der Waals surface area contributed by atoms with Crippen LogP contribution in [0.4, 0.5) is 0 Å². The van der Waals surface area contributed by atoms with Crippen molar-refractivity contribution in [3.63, 3.8) is 0 Å². The first-order valence-corrected chi connectivity index (χ1v) is 10.6. The van der Waals surface area contributed by atoms with Gasteiger partial charge in [-0.2, -0.15) is 0 Å². The predicted octanol–water partition coefficient (Wildman–Crippen LogP) is 4.13. The average Bonchev–Trinajstić information content (AvgIpc) is 2.60. The first kappa shape index (κ1) is 21.6. The lowest BCUT2D eigenvalue weighted by Crippen LogP contribution is -3.11. The number of nitrogens with zero attached hydrogens (tertiary/aromatic N) is 1. The molecule has 2 aliphatic rings. The van der Waals surface area contributed by atoms with Crippen molar-refractivity contribution >= 4 is 6.21 Å². The number of likely N-dealkylation sites (N-methyl/N-ethyl adjacent to an activating group) is 1. The lowest BCUT2D eigenvalue weighted by Gasteiger charge is -2.32. The maximum atomic E-state index is 2.43. The first-order chi connectivity index (χ1) is 12.8. The first-order valence-electron chi connectivity index (χ1n) is 10.6. The highest BCUT2D eigenvalue weighted by molar-refractivity contribution is 5.68. The van der Waals surface area contributed by atoms with E-state index in [1.165, 1.54) is 49.1 Å². The van der Waals surface area contributed by atoms with E-state index >= 15 is 0 Å². The summed E-state index contributed by atoms with van der Waals surface area (Å²) in [7, 11) is 2.28. The molecule has 2 heteroatoms. The van der Waals surface area contributed by atoms with Crippen LogP contribution in [0.5, 0.6) is 0 Å². The summed E-state index contributed by atoms with van der Waals surface area (Å²) in [5.74, 6) is 0. The Morgan fingerprint density at radius 2 is 1.70 bits per heavy atom. The van der Waals surface area contributed by atoms with Crippen LogP contribution in [0.3, 0.4) is 0 Å². The van der Waals surface area contributed by atoms with Crippen LogP contribution < -0.4 is 4.90 Å². The molecule has 0 bridgehead atoms. The van der Waals surface area contributed by atoms with Crippen molar-refractivity contribution in [1.82, 2.24) is 0 Å². The maximum absolute atomic E-state index is 2.43. The Hall–Kier alpha value is -1.67. The second-order valence-corrected chi connectivity index (χ2v) is 9.09. The van der Waals surface area contributed by atoms with Gasteiger partial charge in [-0.3, -0.25) is 0 Å². The zero-order valence-electron chi connectivity index (χ0n) is 18.4. The van der Waals surface area contributed by atoms with Crippen LogP contribution in [0.25, 0.3) is 0 Å². The van der Waals surface area contributed by atoms with E-state index in [4.69, 9.17) is 0 Å². The molecular weight excluding hydrogens is 328 g/mol. The van der Waals surface area contributed by atoms with E-state index in [2.05, 4.69) is 88.9 Å². The Kier molecular flexibility index (Phi) is 8.04. The van der Waals surface area contributed by atoms with E-state index in [1.807, 2.05) is 0 Å². The van der Waals surface area contributed by atoms with Gasteiger partial charge in [0.1, 0.15) is 13.1 Å². The predicted molar refractivity (Wildman–Crippen MR) is 119 cm³/mol. The standard InChI is InChI=1S/C25H39N2/c1-21(12-13-24-23(3)11-8-15-25(24,4)5)9-7-10-22(2)14-16-27-19-17-26(6)18-20-27/h7,9-10,12-14,16H,8,11,15,17-20H2,1-6H3/q+1/p+1/b10-7+,13-12+,21-9+,22-14+. The molecular formula is C25H40N2+2. The van der Waals surface area contributed by atoms with Crippen LogP contribution in [0, 0.1) is 5.41 Å².